The fourth-order valence-electron chi connectivity index (χ4n) is 2.16. The molecule has 1 aliphatic carbocycles. The molecular formula is C11H15N3O3. The number of H-pyrrole nitrogens is 1. The molecule has 6 nitrogen and oxygen atoms in total. The van der Waals surface area contributed by atoms with Crippen LogP contribution in [-0.4, -0.2) is 27.8 Å². The Labute approximate surface area is 98.1 Å². The third kappa shape index (κ3) is 2.83. The molecule has 0 saturated heterocycles. The predicted molar refractivity (Wildman–Crippen MR) is 62.3 cm³/mol. The molecule has 0 spiro atoms. The number of aromatic nitrogens is 2. The second-order valence-electron chi connectivity index (χ2n) is 4.33. The van der Waals surface area contributed by atoms with Crippen LogP contribution in [0.15, 0.2) is 10.9 Å². The van der Waals surface area contributed by atoms with E-state index in [0.29, 0.717) is 12.5 Å². The molecule has 1 aromatic heterocycles. The van der Waals surface area contributed by atoms with E-state index in [-0.39, 0.29) is 11.4 Å². The molecule has 0 amide bonds. The van der Waals surface area contributed by atoms with Crippen LogP contribution in [0, 0.1) is 5.92 Å². The number of hydrogen-bond donors (Lipinski definition) is 3. The summed E-state index contributed by atoms with van der Waals surface area (Å²) < 4.78 is 0. The molecule has 3 N–H and O–H groups in total. The largest absolute Gasteiger partial charge is 0.478 e. The summed E-state index contributed by atoms with van der Waals surface area (Å²) in [5, 5.41) is 17.9. The van der Waals surface area contributed by atoms with Crippen molar-refractivity contribution in [1.29, 1.82) is 0 Å². The van der Waals surface area contributed by atoms with Crippen molar-refractivity contribution in [3.8, 4) is 0 Å². The highest BCUT2D eigenvalue weighted by atomic mass is 16.4. The van der Waals surface area contributed by atoms with Crippen molar-refractivity contribution in [3.05, 3.63) is 22.0 Å². The molecule has 6 heteroatoms. The molecule has 0 aliphatic heterocycles. The maximum Gasteiger partial charge on any atom is 0.339 e. The van der Waals surface area contributed by atoms with Gasteiger partial charge in [-0.15, -0.1) is 0 Å². The minimum atomic E-state index is -1.14. The van der Waals surface area contributed by atoms with Gasteiger partial charge in [-0.1, -0.05) is 12.8 Å². The molecule has 1 fully saturated rings. The van der Waals surface area contributed by atoms with Gasteiger partial charge in [0, 0.05) is 12.6 Å². The second-order valence-corrected chi connectivity index (χ2v) is 4.33. The maximum absolute atomic E-state index is 11.0. The molecule has 0 unspecified atom stereocenters. The molecule has 1 aromatic rings. The van der Waals surface area contributed by atoms with Crippen LogP contribution in [0.5, 0.6) is 0 Å². The number of carbonyl (C=O) groups is 1. The zero-order valence-corrected chi connectivity index (χ0v) is 9.40. The zero-order chi connectivity index (χ0) is 12.3. The Morgan fingerprint density at radius 2 is 2.24 bits per heavy atom. The smallest absolute Gasteiger partial charge is 0.339 e. The summed E-state index contributed by atoms with van der Waals surface area (Å²) in [6, 6.07) is 1.05. The van der Waals surface area contributed by atoms with Gasteiger partial charge in [0.1, 0.15) is 5.56 Å². The lowest BCUT2D eigenvalue weighted by molar-refractivity contribution is 0.0697. The van der Waals surface area contributed by atoms with Gasteiger partial charge in [-0.05, 0) is 18.8 Å². The lowest BCUT2D eigenvalue weighted by Crippen LogP contribution is -2.19. The van der Waals surface area contributed by atoms with Gasteiger partial charge >= 0.3 is 5.97 Å². The maximum atomic E-state index is 11.0. The van der Waals surface area contributed by atoms with Crippen molar-refractivity contribution in [2.45, 2.75) is 25.7 Å². The minimum Gasteiger partial charge on any atom is -0.478 e. The first-order chi connectivity index (χ1) is 8.16. The van der Waals surface area contributed by atoms with Crippen molar-refractivity contribution < 1.29 is 9.90 Å². The number of aromatic amines is 1. The number of carboxylic acid groups (broad SMARTS) is 1. The number of nitrogens with zero attached hydrogens (tertiary/aromatic N) is 1. The van der Waals surface area contributed by atoms with Gasteiger partial charge < -0.3 is 10.4 Å². The van der Waals surface area contributed by atoms with Crippen LogP contribution in [0.25, 0.3) is 0 Å². The highest BCUT2D eigenvalue weighted by Gasteiger charge is 2.17. The summed E-state index contributed by atoms with van der Waals surface area (Å²) in [5.74, 6) is -0.327. The first-order valence-corrected chi connectivity index (χ1v) is 5.73. The normalized spacial score (nSPS) is 16.0. The molecule has 1 heterocycles. The standard InChI is InChI=1S/C11H15N3O3/c15-9-5-8(11(16)17)10(14-13-9)12-6-7-3-1-2-4-7/h5,7H,1-4,6H2,(H,12,14)(H,13,15)(H,16,17). The van der Waals surface area contributed by atoms with Gasteiger partial charge in [-0.3, -0.25) is 4.79 Å². The van der Waals surface area contributed by atoms with E-state index >= 15 is 0 Å². The van der Waals surface area contributed by atoms with E-state index in [0.717, 1.165) is 6.07 Å². The van der Waals surface area contributed by atoms with Crippen LogP contribution in [0.3, 0.4) is 0 Å². The van der Waals surface area contributed by atoms with E-state index in [2.05, 4.69) is 15.5 Å². The highest BCUT2D eigenvalue weighted by Crippen LogP contribution is 2.24. The second kappa shape index (κ2) is 4.99. The van der Waals surface area contributed by atoms with Crippen LogP contribution < -0.4 is 10.9 Å². The predicted octanol–water partition coefficient (Wildman–Crippen LogP) is 1.07. The van der Waals surface area contributed by atoms with Gasteiger partial charge in [0.2, 0.25) is 0 Å². The Bertz CT molecular complexity index is 463. The molecule has 0 atom stereocenters. The van der Waals surface area contributed by atoms with E-state index in [1.165, 1.54) is 25.7 Å². The Hall–Kier alpha value is -1.85. The van der Waals surface area contributed by atoms with Crippen molar-refractivity contribution in [2.75, 3.05) is 11.9 Å². The van der Waals surface area contributed by atoms with E-state index in [9.17, 15) is 9.59 Å². The Kier molecular flexibility index (Phi) is 3.41. The molecule has 17 heavy (non-hydrogen) atoms. The lowest BCUT2D eigenvalue weighted by atomic mass is 10.1. The molecular weight excluding hydrogens is 222 g/mol. The van der Waals surface area contributed by atoms with E-state index in [1.54, 1.807) is 0 Å². The van der Waals surface area contributed by atoms with Crippen molar-refractivity contribution in [3.63, 3.8) is 0 Å². The highest BCUT2D eigenvalue weighted by molar-refractivity contribution is 5.92. The van der Waals surface area contributed by atoms with Crippen LogP contribution in [-0.2, 0) is 0 Å². The Balaban J connectivity index is 2.08. The summed E-state index contributed by atoms with van der Waals surface area (Å²) in [5.41, 5.74) is -0.583. The number of anilines is 1. The fraction of sp³-hybridized carbons (Fsp3) is 0.545. The van der Waals surface area contributed by atoms with Gasteiger partial charge in [0.05, 0.1) is 0 Å². The quantitative estimate of drug-likeness (QED) is 0.728. The molecule has 0 aromatic carbocycles. The minimum absolute atomic E-state index is 0.0771. The third-order valence-electron chi connectivity index (χ3n) is 3.07. The van der Waals surface area contributed by atoms with Gasteiger partial charge in [-0.2, -0.15) is 5.10 Å². The Morgan fingerprint density at radius 1 is 1.53 bits per heavy atom. The SMILES string of the molecule is O=C(O)c1cc(=O)[nH]nc1NCC1CCCC1. The van der Waals surface area contributed by atoms with E-state index in [4.69, 9.17) is 5.11 Å². The topological polar surface area (TPSA) is 95.1 Å². The Morgan fingerprint density at radius 3 is 2.88 bits per heavy atom. The third-order valence-corrected chi connectivity index (χ3v) is 3.07. The molecule has 1 aliphatic rings. The fourth-order valence-corrected chi connectivity index (χ4v) is 2.16. The van der Waals surface area contributed by atoms with Crippen LogP contribution in [0.4, 0.5) is 5.82 Å². The number of carboxylic acids is 1. The molecule has 2 rings (SSSR count). The van der Waals surface area contributed by atoms with Crippen molar-refractivity contribution in [1.82, 2.24) is 10.2 Å². The average molecular weight is 237 g/mol. The van der Waals surface area contributed by atoms with Crippen LogP contribution in [0.2, 0.25) is 0 Å². The number of aromatic carboxylic acids is 1. The van der Waals surface area contributed by atoms with Crippen molar-refractivity contribution >= 4 is 11.8 Å². The number of nitrogens with one attached hydrogen (secondary N) is 2. The zero-order valence-electron chi connectivity index (χ0n) is 9.40. The number of hydrogen-bond acceptors (Lipinski definition) is 4. The molecule has 1 saturated carbocycles. The van der Waals surface area contributed by atoms with Gasteiger partial charge in [-0.25, -0.2) is 9.89 Å². The van der Waals surface area contributed by atoms with Crippen molar-refractivity contribution in [2.24, 2.45) is 5.92 Å². The van der Waals surface area contributed by atoms with E-state index < -0.39 is 11.5 Å². The summed E-state index contributed by atoms with van der Waals surface area (Å²) in [6.45, 7) is 0.708. The van der Waals surface area contributed by atoms with Gasteiger partial charge in [0.15, 0.2) is 5.82 Å². The lowest BCUT2D eigenvalue weighted by Gasteiger charge is -2.11. The summed E-state index contributed by atoms with van der Waals surface area (Å²) >= 11 is 0. The average Bonchev–Trinajstić information content (AvgIpc) is 2.80. The van der Waals surface area contributed by atoms with Crippen LogP contribution >= 0.6 is 0 Å². The monoisotopic (exact) mass is 237 g/mol. The molecule has 92 valence electrons. The first-order valence-electron chi connectivity index (χ1n) is 5.73. The molecule has 0 bridgehead atoms. The summed E-state index contributed by atoms with van der Waals surface area (Å²) in [4.78, 5) is 21.9. The molecule has 0 radical (unpaired) electrons. The number of rotatable bonds is 4. The summed E-state index contributed by atoms with van der Waals surface area (Å²) in [7, 11) is 0. The first kappa shape index (κ1) is 11.6. The van der Waals surface area contributed by atoms with E-state index in [1.807, 2.05) is 0 Å². The summed E-state index contributed by atoms with van der Waals surface area (Å²) in [6.07, 6.45) is 4.80. The van der Waals surface area contributed by atoms with Crippen LogP contribution in [0.1, 0.15) is 36.0 Å². The van der Waals surface area contributed by atoms with Gasteiger partial charge in [0.25, 0.3) is 5.56 Å².